The lowest BCUT2D eigenvalue weighted by Crippen LogP contribution is -2.37. The van der Waals surface area contributed by atoms with Gasteiger partial charge in [-0.05, 0) is 75.7 Å². The normalized spacial score (nSPS) is 16.0. The first-order valence-corrected chi connectivity index (χ1v) is 19.1. The summed E-state index contributed by atoms with van der Waals surface area (Å²) in [6.07, 6.45) is -13.1. The smallest absolute Gasteiger partial charge is 0.461 e. The van der Waals surface area contributed by atoms with Crippen molar-refractivity contribution < 1.29 is 77.2 Å². The van der Waals surface area contributed by atoms with E-state index in [-0.39, 0.29) is 90.3 Å². The minimum atomic E-state index is -5.61. The molecule has 324 valence electrons. The zero-order valence-corrected chi connectivity index (χ0v) is 32.0. The Morgan fingerprint density at radius 3 is 1.77 bits per heavy atom. The van der Waals surface area contributed by atoms with Gasteiger partial charge in [0.2, 0.25) is 0 Å². The van der Waals surface area contributed by atoms with Gasteiger partial charge in [0.05, 0.1) is 13.0 Å². The first kappa shape index (κ1) is 49.3. The van der Waals surface area contributed by atoms with Crippen molar-refractivity contribution in [1.29, 1.82) is 0 Å². The molecule has 8 nitrogen and oxygen atoms in total. The largest absolute Gasteiger partial charge is 0.508 e. The summed E-state index contributed by atoms with van der Waals surface area (Å²) in [5.41, 5.74) is 2.13. The van der Waals surface area contributed by atoms with E-state index in [4.69, 9.17) is 23.7 Å². The molecule has 0 N–H and O–H groups in total. The highest BCUT2D eigenvalue weighted by molar-refractivity contribution is 5.69. The maximum absolute atomic E-state index is 13.1. The van der Waals surface area contributed by atoms with Crippen molar-refractivity contribution in [2.75, 3.05) is 39.5 Å². The molecule has 56 heavy (non-hydrogen) atoms. The van der Waals surface area contributed by atoms with Gasteiger partial charge in [-0.2, -0.15) is 43.9 Å². The molecular formula is C38H55F10NO7. The molecule has 18 heteroatoms. The molecule has 0 spiro atoms. The second kappa shape index (κ2) is 24.2. The number of alkyl halides is 10. The minimum Gasteiger partial charge on any atom is -0.461 e. The van der Waals surface area contributed by atoms with Crippen LogP contribution in [0.5, 0.6) is 0 Å². The highest BCUT2D eigenvalue weighted by atomic mass is 19.4. The summed E-state index contributed by atoms with van der Waals surface area (Å²) in [5, 5.41) is 0. The molecule has 2 rings (SSSR count). The van der Waals surface area contributed by atoms with Gasteiger partial charge in [-0.1, -0.05) is 50.3 Å². The van der Waals surface area contributed by atoms with Gasteiger partial charge in [0.15, 0.2) is 6.29 Å². The maximum Gasteiger partial charge on any atom is 0.508 e. The predicted molar refractivity (Wildman–Crippen MR) is 185 cm³/mol. The van der Waals surface area contributed by atoms with E-state index < -0.39 is 55.5 Å². The average molecular weight is 828 g/mol. The molecule has 0 radical (unpaired) electrons. The third-order valence-corrected chi connectivity index (χ3v) is 9.23. The molecular weight excluding hydrogens is 772 g/mol. The van der Waals surface area contributed by atoms with Gasteiger partial charge >= 0.3 is 36.3 Å². The summed E-state index contributed by atoms with van der Waals surface area (Å²) < 4.78 is 154. The molecule has 1 atom stereocenters. The van der Waals surface area contributed by atoms with Crippen LogP contribution in [-0.2, 0) is 41.7 Å². The standard InChI is InChI=1S/C38H55F10NO7/c1-3-49-18-12-13-29(24-49)25-55-34(51)56-27-31-22-28(2)21-30(23-31)26-54-32(50)14-15-33(52-19-10-6-4-8-16-35(39,40)37(43,44)45)53-20-11-7-5-9-17-36(41,42)38(46,47)48/h21-23,29,33H,3-20,24-27H2,1-2H3. The van der Waals surface area contributed by atoms with E-state index in [0.29, 0.717) is 24.0 Å². The van der Waals surface area contributed by atoms with Crippen LogP contribution in [0.2, 0.25) is 0 Å². The van der Waals surface area contributed by atoms with Crippen molar-refractivity contribution in [3.63, 3.8) is 0 Å². The molecule has 0 bridgehead atoms. The van der Waals surface area contributed by atoms with Crippen LogP contribution in [0.4, 0.5) is 48.7 Å². The summed E-state index contributed by atoms with van der Waals surface area (Å²) in [5.74, 6) is -9.90. The Bertz CT molecular complexity index is 1260. The van der Waals surface area contributed by atoms with E-state index in [0.717, 1.165) is 38.0 Å². The van der Waals surface area contributed by atoms with E-state index in [1.807, 2.05) is 13.0 Å². The Morgan fingerprint density at radius 1 is 0.732 bits per heavy atom. The second-order valence-electron chi connectivity index (χ2n) is 14.2. The first-order valence-electron chi connectivity index (χ1n) is 19.1. The van der Waals surface area contributed by atoms with Crippen LogP contribution in [0.15, 0.2) is 18.2 Å². The van der Waals surface area contributed by atoms with Crippen molar-refractivity contribution in [1.82, 2.24) is 4.90 Å². The molecule has 0 amide bonds. The monoisotopic (exact) mass is 827 g/mol. The first-order chi connectivity index (χ1) is 26.2. The molecule has 1 aromatic rings. The quantitative estimate of drug-likeness (QED) is 0.0395. The Morgan fingerprint density at radius 2 is 1.25 bits per heavy atom. The van der Waals surface area contributed by atoms with Gasteiger partial charge in [0, 0.05) is 44.9 Å². The van der Waals surface area contributed by atoms with E-state index >= 15 is 0 Å². The van der Waals surface area contributed by atoms with Crippen molar-refractivity contribution in [3.8, 4) is 0 Å². The molecule has 0 saturated carbocycles. The third kappa shape index (κ3) is 19.5. The fourth-order valence-electron chi connectivity index (χ4n) is 6.06. The van der Waals surface area contributed by atoms with Crippen molar-refractivity contribution in [2.24, 2.45) is 5.92 Å². The lowest BCUT2D eigenvalue weighted by Gasteiger charge is -2.31. The molecule has 1 unspecified atom stereocenters. The van der Waals surface area contributed by atoms with Crippen LogP contribution < -0.4 is 0 Å². The minimum absolute atomic E-state index is 0.0147. The van der Waals surface area contributed by atoms with Crippen LogP contribution in [0.1, 0.15) is 114 Å². The number of rotatable bonds is 26. The van der Waals surface area contributed by atoms with E-state index in [1.54, 1.807) is 12.1 Å². The third-order valence-electron chi connectivity index (χ3n) is 9.23. The zero-order valence-electron chi connectivity index (χ0n) is 32.0. The number of aryl methyl sites for hydroxylation is 1. The number of nitrogens with zero attached hydrogens (tertiary/aromatic N) is 1. The molecule has 0 aliphatic carbocycles. The van der Waals surface area contributed by atoms with Crippen molar-refractivity contribution in [3.05, 3.63) is 34.9 Å². The molecule has 1 fully saturated rings. The highest BCUT2D eigenvalue weighted by Gasteiger charge is 2.57. The molecule has 1 aliphatic heterocycles. The van der Waals surface area contributed by atoms with E-state index in [2.05, 4.69) is 11.8 Å². The van der Waals surface area contributed by atoms with Crippen LogP contribution in [0, 0.1) is 12.8 Å². The van der Waals surface area contributed by atoms with Crippen molar-refractivity contribution >= 4 is 12.1 Å². The highest BCUT2D eigenvalue weighted by Crippen LogP contribution is 2.40. The summed E-state index contributed by atoms with van der Waals surface area (Å²) in [4.78, 5) is 27.2. The van der Waals surface area contributed by atoms with E-state index in [9.17, 15) is 53.5 Å². The number of ether oxygens (including phenoxy) is 5. The lowest BCUT2D eigenvalue weighted by atomic mass is 9.99. The second-order valence-corrected chi connectivity index (χ2v) is 14.2. The topological polar surface area (TPSA) is 83.5 Å². The van der Waals surface area contributed by atoms with Crippen molar-refractivity contribution in [2.45, 2.75) is 147 Å². The number of halogens is 10. The fraction of sp³-hybridized carbons (Fsp3) is 0.789. The van der Waals surface area contributed by atoms with Gasteiger partial charge in [0.25, 0.3) is 0 Å². The van der Waals surface area contributed by atoms with Crippen LogP contribution in [0.3, 0.4) is 0 Å². The number of esters is 1. The summed E-state index contributed by atoms with van der Waals surface area (Å²) in [6, 6.07) is 5.33. The van der Waals surface area contributed by atoms with Crippen LogP contribution >= 0.6 is 0 Å². The number of hydrogen-bond acceptors (Lipinski definition) is 8. The lowest BCUT2D eigenvalue weighted by molar-refractivity contribution is -0.284. The van der Waals surface area contributed by atoms with Crippen LogP contribution in [-0.4, -0.2) is 87.0 Å². The maximum atomic E-state index is 13.1. The van der Waals surface area contributed by atoms with Gasteiger partial charge in [-0.3, -0.25) is 4.79 Å². The molecule has 1 aromatic carbocycles. The number of carbonyl (C=O) groups excluding carboxylic acids is 2. The van der Waals surface area contributed by atoms with Crippen LogP contribution in [0.25, 0.3) is 0 Å². The molecule has 0 aromatic heterocycles. The van der Waals surface area contributed by atoms with Gasteiger partial charge in [-0.15, -0.1) is 0 Å². The Balaban J connectivity index is 1.79. The van der Waals surface area contributed by atoms with E-state index in [1.165, 1.54) is 0 Å². The SMILES string of the molecule is CCN1CCCC(COC(=O)OCc2cc(C)cc(COC(=O)CCC(OCCCCCCC(F)(F)C(F)(F)F)OCCCCCCC(F)(F)C(F)(F)F)c2)C1. The number of piperidine rings is 1. The predicted octanol–water partition coefficient (Wildman–Crippen LogP) is 10.9. The zero-order chi connectivity index (χ0) is 41.8. The number of hydrogen-bond donors (Lipinski definition) is 0. The molecule has 1 aliphatic rings. The number of unbranched alkanes of at least 4 members (excludes halogenated alkanes) is 6. The summed E-state index contributed by atoms with van der Waals surface area (Å²) in [6.45, 7) is 6.93. The Hall–Kier alpha value is -2.86. The fourth-order valence-corrected chi connectivity index (χ4v) is 6.06. The van der Waals surface area contributed by atoms with Gasteiger partial charge in [-0.25, -0.2) is 4.79 Å². The summed E-state index contributed by atoms with van der Waals surface area (Å²) in [7, 11) is 0. The summed E-state index contributed by atoms with van der Waals surface area (Å²) >= 11 is 0. The molecule has 1 saturated heterocycles. The average Bonchev–Trinajstić information content (AvgIpc) is 3.12. The number of carbonyl (C=O) groups is 2. The number of likely N-dealkylation sites (tertiary alicyclic amines) is 1. The Labute approximate surface area is 321 Å². The van der Waals surface area contributed by atoms with Gasteiger partial charge in [0.1, 0.15) is 13.2 Å². The Kier molecular flexibility index (Phi) is 21.3. The number of benzene rings is 1. The molecule has 1 heterocycles. The van der Waals surface area contributed by atoms with Gasteiger partial charge < -0.3 is 28.6 Å².